The van der Waals surface area contributed by atoms with Crippen molar-refractivity contribution < 1.29 is 14.2 Å². The van der Waals surface area contributed by atoms with E-state index in [0.717, 1.165) is 0 Å². The van der Waals surface area contributed by atoms with Crippen LogP contribution in [0.4, 0.5) is 4.39 Å². The van der Waals surface area contributed by atoms with Crippen LogP contribution in [-0.2, 0) is 4.74 Å². The van der Waals surface area contributed by atoms with E-state index in [1.807, 2.05) is 0 Å². The lowest BCUT2D eigenvalue weighted by molar-refractivity contribution is 0.0189. The SMILES string of the molecule is NCC1(C(O)c2ccc(Br)c(F)c2)CCOC1. The van der Waals surface area contributed by atoms with Gasteiger partial charge >= 0.3 is 0 Å². The Morgan fingerprint density at radius 3 is 2.88 bits per heavy atom. The number of aliphatic hydroxyl groups is 1. The molecule has 1 fully saturated rings. The highest BCUT2D eigenvalue weighted by molar-refractivity contribution is 9.10. The summed E-state index contributed by atoms with van der Waals surface area (Å²) in [4.78, 5) is 0. The third-order valence-corrected chi connectivity index (χ3v) is 4.02. The van der Waals surface area contributed by atoms with Crippen molar-refractivity contribution in [2.75, 3.05) is 19.8 Å². The van der Waals surface area contributed by atoms with Gasteiger partial charge in [0.15, 0.2) is 0 Å². The molecule has 1 saturated heterocycles. The van der Waals surface area contributed by atoms with Crippen LogP contribution < -0.4 is 5.73 Å². The third kappa shape index (κ3) is 2.38. The van der Waals surface area contributed by atoms with Gasteiger partial charge in [-0.3, -0.25) is 0 Å². The zero-order valence-corrected chi connectivity index (χ0v) is 10.9. The third-order valence-electron chi connectivity index (χ3n) is 3.38. The standard InChI is InChI=1S/C12H15BrFNO2/c13-9-2-1-8(5-10(9)14)11(16)12(6-15)3-4-17-7-12/h1-2,5,11,16H,3-4,6-7,15H2. The van der Waals surface area contributed by atoms with Crippen LogP contribution in [-0.4, -0.2) is 24.9 Å². The number of halogens is 2. The maximum absolute atomic E-state index is 13.4. The molecule has 94 valence electrons. The molecule has 0 aromatic heterocycles. The first-order valence-electron chi connectivity index (χ1n) is 5.50. The van der Waals surface area contributed by atoms with E-state index in [1.54, 1.807) is 12.1 Å². The Balaban J connectivity index is 2.29. The van der Waals surface area contributed by atoms with Gasteiger partial charge in [-0.1, -0.05) is 6.07 Å². The fraction of sp³-hybridized carbons (Fsp3) is 0.500. The van der Waals surface area contributed by atoms with Gasteiger partial charge in [-0.2, -0.15) is 0 Å². The van der Waals surface area contributed by atoms with E-state index in [4.69, 9.17) is 10.5 Å². The Kier molecular flexibility index (Phi) is 3.82. The fourth-order valence-electron chi connectivity index (χ4n) is 2.15. The van der Waals surface area contributed by atoms with Crippen LogP contribution in [0.15, 0.2) is 22.7 Å². The average Bonchev–Trinajstić information content (AvgIpc) is 2.81. The first-order valence-corrected chi connectivity index (χ1v) is 6.29. The van der Waals surface area contributed by atoms with Crippen molar-refractivity contribution >= 4 is 15.9 Å². The quantitative estimate of drug-likeness (QED) is 0.898. The highest BCUT2D eigenvalue weighted by atomic mass is 79.9. The highest BCUT2D eigenvalue weighted by Gasteiger charge is 2.41. The summed E-state index contributed by atoms with van der Waals surface area (Å²) in [6.45, 7) is 1.33. The molecule has 1 aliphatic heterocycles. The predicted octanol–water partition coefficient (Wildman–Crippen LogP) is 1.99. The predicted molar refractivity (Wildman–Crippen MR) is 66.0 cm³/mol. The molecule has 0 amide bonds. The Morgan fingerprint density at radius 2 is 2.35 bits per heavy atom. The van der Waals surface area contributed by atoms with Crippen LogP contribution in [0.1, 0.15) is 18.1 Å². The molecule has 0 spiro atoms. The largest absolute Gasteiger partial charge is 0.388 e. The van der Waals surface area contributed by atoms with Crippen molar-refractivity contribution in [3.05, 3.63) is 34.1 Å². The second-order valence-electron chi connectivity index (χ2n) is 4.45. The lowest BCUT2D eigenvalue weighted by Crippen LogP contribution is -2.37. The number of ether oxygens (including phenoxy) is 1. The molecular formula is C12H15BrFNO2. The summed E-state index contributed by atoms with van der Waals surface area (Å²) in [6, 6.07) is 4.63. The number of nitrogens with two attached hydrogens (primary N) is 1. The van der Waals surface area contributed by atoms with Crippen molar-refractivity contribution in [2.24, 2.45) is 11.1 Å². The molecule has 17 heavy (non-hydrogen) atoms. The molecule has 0 saturated carbocycles. The molecule has 1 aliphatic rings. The topological polar surface area (TPSA) is 55.5 Å². The molecule has 5 heteroatoms. The van der Waals surface area contributed by atoms with E-state index >= 15 is 0 Å². The molecule has 0 aliphatic carbocycles. The van der Waals surface area contributed by atoms with Crippen molar-refractivity contribution in [1.82, 2.24) is 0 Å². The second-order valence-corrected chi connectivity index (χ2v) is 5.30. The highest BCUT2D eigenvalue weighted by Crippen LogP contribution is 2.40. The van der Waals surface area contributed by atoms with Gasteiger partial charge in [0.2, 0.25) is 0 Å². The van der Waals surface area contributed by atoms with Gasteiger partial charge in [-0.05, 0) is 40.0 Å². The summed E-state index contributed by atoms with van der Waals surface area (Å²) in [6.07, 6.45) is -0.0971. The van der Waals surface area contributed by atoms with Crippen molar-refractivity contribution in [1.29, 1.82) is 0 Å². The zero-order chi connectivity index (χ0) is 12.5. The van der Waals surface area contributed by atoms with Crippen LogP contribution in [0.2, 0.25) is 0 Å². The molecule has 3 nitrogen and oxygen atoms in total. The van der Waals surface area contributed by atoms with Gasteiger partial charge in [0, 0.05) is 18.6 Å². The molecule has 1 aromatic rings. The monoisotopic (exact) mass is 303 g/mol. The molecule has 2 unspecified atom stereocenters. The Bertz CT molecular complexity index is 407. The summed E-state index contributed by atoms with van der Waals surface area (Å²) in [5.41, 5.74) is 5.79. The fourth-order valence-corrected chi connectivity index (χ4v) is 2.39. The van der Waals surface area contributed by atoms with Gasteiger partial charge in [0.1, 0.15) is 5.82 Å². The molecular weight excluding hydrogens is 289 g/mol. The van der Waals surface area contributed by atoms with Crippen molar-refractivity contribution in [3.8, 4) is 0 Å². The van der Waals surface area contributed by atoms with Gasteiger partial charge in [0.25, 0.3) is 0 Å². The van der Waals surface area contributed by atoms with E-state index in [-0.39, 0.29) is 5.82 Å². The Morgan fingerprint density at radius 1 is 1.59 bits per heavy atom. The van der Waals surface area contributed by atoms with E-state index in [2.05, 4.69) is 15.9 Å². The van der Waals surface area contributed by atoms with Crippen LogP contribution >= 0.6 is 15.9 Å². The van der Waals surface area contributed by atoms with Crippen LogP contribution in [0.25, 0.3) is 0 Å². The first kappa shape index (κ1) is 13.0. The van der Waals surface area contributed by atoms with E-state index in [1.165, 1.54) is 6.07 Å². The zero-order valence-electron chi connectivity index (χ0n) is 9.33. The lowest BCUT2D eigenvalue weighted by atomic mass is 9.78. The van der Waals surface area contributed by atoms with Crippen molar-refractivity contribution in [3.63, 3.8) is 0 Å². The second kappa shape index (κ2) is 5.02. The minimum atomic E-state index is -0.794. The molecule has 2 atom stereocenters. The smallest absolute Gasteiger partial charge is 0.137 e. The van der Waals surface area contributed by atoms with Crippen LogP contribution in [0.3, 0.4) is 0 Å². The molecule has 0 radical (unpaired) electrons. The minimum absolute atomic E-state index is 0.325. The first-order chi connectivity index (χ1) is 8.09. The van der Waals surface area contributed by atoms with E-state index < -0.39 is 11.5 Å². The van der Waals surface area contributed by atoms with E-state index in [0.29, 0.717) is 36.2 Å². The number of hydrogen-bond acceptors (Lipinski definition) is 3. The number of rotatable bonds is 3. The molecule has 1 aromatic carbocycles. The summed E-state index contributed by atoms with van der Waals surface area (Å²) >= 11 is 3.09. The maximum Gasteiger partial charge on any atom is 0.137 e. The number of aliphatic hydroxyl groups excluding tert-OH is 1. The van der Waals surface area contributed by atoms with Gasteiger partial charge < -0.3 is 15.6 Å². The van der Waals surface area contributed by atoms with Gasteiger partial charge in [0.05, 0.1) is 17.2 Å². The van der Waals surface area contributed by atoms with Gasteiger partial charge in [-0.25, -0.2) is 4.39 Å². The summed E-state index contributed by atoms with van der Waals surface area (Å²) in [7, 11) is 0. The number of benzene rings is 1. The summed E-state index contributed by atoms with van der Waals surface area (Å²) < 4.78 is 19.1. The van der Waals surface area contributed by atoms with Crippen LogP contribution in [0.5, 0.6) is 0 Å². The summed E-state index contributed by atoms with van der Waals surface area (Å²) in [5.74, 6) is -0.382. The molecule has 3 N–H and O–H groups in total. The molecule has 2 rings (SSSR count). The molecule has 1 heterocycles. The van der Waals surface area contributed by atoms with Crippen molar-refractivity contribution in [2.45, 2.75) is 12.5 Å². The normalized spacial score (nSPS) is 26.1. The van der Waals surface area contributed by atoms with Gasteiger partial charge in [-0.15, -0.1) is 0 Å². The minimum Gasteiger partial charge on any atom is -0.388 e. The average molecular weight is 304 g/mol. The van der Waals surface area contributed by atoms with E-state index in [9.17, 15) is 9.50 Å². The lowest BCUT2D eigenvalue weighted by Gasteiger charge is -2.31. The van der Waals surface area contributed by atoms with Crippen LogP contribution in [0, 0.1) is 11.2 Å². The summed E-state index contributed by atoms with van der Waals surface area (Å²) in [5, 5.41) is 10.3. The number of hydrogen-bond donors (Lipinski definition) is 2. The maximum atomic E-state index is 13.4. The Labute approximate surface area is 108 Å². The Hall–Kier alpha value is -0.490. The molecule has 0 bridgehead atoms.